The van der Waals surface area contributed by atoms with Gasteiger partial charge in [-0.25, -0.2) is 5.01 Å². The first-order valence-electron chi connectivity index (χ1n) is 7.98. The van der Waals surface area contributed by atoms with Crippen LogP contribution in [0.1, 0.15) is 34.1 Å². The lowest BCUT2D eigenvalue weighted by molar-refractivity contribution is 0.0678. The van der Waals surface area contributed by atoms with E-state index >= 15 is 0 Å². The van der Waals surface area contributed by atoms with E-state index in [4.69, 9.17) is 16.0 Å². The monoisotopic (exact) mass is 350 g/mol. The minimum Gasteiger partial charge on any atom is -0.459 e. The molecule has 1 aromatic heterocycles. The van der Waals surface area contributed by atoms with E-state index < -0.39 is 0 Å². The van der Waals surface area contributed by atoms with E-state index in [1.807, 2.05) is 54.6 Å². The maximum atomic E-state index is 12.8. The Hall–Kier alpha value is -2.85. The minimum absolute atomic E-state index is 0.190. The molecule has 4 rings (SSSR count). The predicted octanol–water partition coefficient (Wildman–Crippen LogP) is 4.92. The van der Waals surface area contributed by atoms with Gasteiger partial charge in [0.2, 0.25) is 0 Å². The zero-order valence-electron chi connectivity index (χ0n) is 13.3. The Morgan fingerprint density at radius 1 is 1.04 bits per heavy atom. The number of hydrogen-bond donors (Lipinski definition) is 0. The zero-order chi connectivity index (χ0) is 17.2. The van der Waals surface area contributed by atoms with Crippen molar-refractivity contribution in [3.63, 3.8) is 0 Å². The Morgan fingerprint density at radius 2 is 1.80 bits per heavy atom. The summed E-state index contributed by atoms with van der Waals surface area (Å²) in [5, 5.41) is 6.77. The van der Waals surface area contributed by atoms with Crippen molar-refractivity contribution in [3.8, 4) is 0 Å². The van der Waals surface area contributed by atoms with Crippen molar-refractivity contribution in [2.24, 2.45) is 5.10 Å². The molecule has 0 aliphatic carbocycles. The number of amides is 1. The van der Waals surface area contributed by atoms with Crippen LogP contribution in [0.4, 0.5) is 0 Å². The second kappa shape index (κ2) is 6.57. The molecule has 4 nitrogen and oxygen atoms in total. The molecule has 3 aromatic rings. The number of rotatable bonds is 3. The normalized spacial score (nSPS) is 16.8. The van der Waals surface area contributed by atoms with E-state index in [0.717, 1.165) is 16.8 Å². The lowest BCUT2D eigenvalue weighted by atomic mass is 9.98. The SMILES string of the molecule is O=C(c1ccco1)N1N=C(c2ccccc2)CC1c1ccc(Cl)cc1. The van der Waals surface area contributed by atoms with Gasteiger partial charge in [0.05, 0.1) is 18.0 Å². The molecule has 5 heteroatoms. The second-order valence-corrected chi connectivity index (χ2v) is 6.25. The van der Waals surface area contributed by atoms with Crippen LogP contribution < -0.4 is 0 Å². The van der Waals surface area contributed by atoms with E-state index in [0.29, 0.717) is 11.4 Å². The highest BCUT2D eigenvalue weighted by molar-refractivity contribution is 6.30. The molecule has 0 saturated carbocycles. The van der Waals surface area contributed by atoms with Crippen LogP contribution in [0.3, 0.4) is 0 Å². The number of hydrazone groups is 1. The molecule has 1 unspecified atom stereocenters. The third-order valence-corrected chi connectivity index (χ3v) is 4.46. The van der Waals surface area contributed by atoms with Crippen molar-refractivity contribution in [3.05, 3.63) is 94.9 Å². The van der Waals surface area contributed by atoms with Gasteiger partial charge in [0.25, 0.3) is 0 Å². The van der Waals surface area contributed by atoms with Crippen LogP contribution in [0.15, 0.2) is 82.5 Å². The molecule has 2 heterocycles. The first kappa shape index (κ1) is 15.7. The Kier molecular flexibility index (Phi) is 4.12. The fraction of sp³-hybridized carbons (Fsp3) is 0.100. The summed E-state index contributed by atoms with van der Waals surface area (Å²) in [5.41, 5.74) is 2.87. The molecule has 1 atom stereocenters. The van der Waals surface area contributed by atoms with Gasteiger partial charge in [-0.05, 0) is 35.4 Å². The van der Waals surface area contributed by atoms with Crippen molar-refractivity contribution in [1.82, 2.24) is 5.01 Å². The summed E-state index contributed by atoms with van der Waals surface area (Å²) in [4.78, 5) is 12.8. The molecule has 2 aromatic carbocycles. The van der Waals surface area contributed by atoms with Crippen molar-refractivity contribution in [1.29, 1.82) is 0 Å². The van der Waals surface area contributed by atoms with Crippen molar-refractivity contribution >= 4 is 23.2 Å². The van der Waals surface area contributed by atoms with Crippen molar-refractivity contribution in [2.75, 3.05) is 0 Å². The molecule has 124 valence electrons. The smallest absolute Gasteiger partial charge is 0.310 e. The van der Waals surface area contributed by atoms with Crippen LogP contribution in [0.25, 0.3) is 0 Å². The predicted molar refractivity (Wildman–Crippen MR) is 96.7 cm³/mol. The fourth-order valence-electron chi connectivity index (χ4n) is 2.96. The summed E-state index contributed by atoms with van der Waals surface area (Å²) in [6.07, 6.45) is 2.13. The van der Waals surface area contributed by atoms with Crippen LogP contribution >= 0.6 is 11.6 Å². The van der Waals surface area contributed by atoms with E-state index in [1.54, 1.807) is 12.1 Å². The van der Waals surface area contributed by atoms with E-state index in [-0.39, 0.29) is 17.7 Å². The number of benzene rings is 2. The molecule has 0 N–H and O–H groups in total. The highest BCUT2D eigenvalue weighted by Gasteiger charge is 2.34. The summed E-state index contributed by atoms with van der Waals surface area (Å²) in [5.74, 6) is 0.0212. The topological polar surface area (TPSA) is 45.8 Å². The third-order valence-electron chi connectivity index (χ3n) is 4.21. The Morgan fingerprint density at radius 3 is 2.48 bits per heavy atom. The Bertz CT molecular complexity index is 903. The van der Waals surface area contributed by atoms with E-state index in [9.17, 15) is 4.79 Å². The molecule has 0 radical (unpaired) electrons. The fourth-order valence-corrected chi connectivity index (χ4v) is 3.09. The molecule has 0 bridgehead atoms. The molecule has 0 spiro atoms. The van der Waals surface area contributed by atoms with Gasteiger partial charge in [0, 0.05) is 11.4 Å². The maximum Gasteiger partial charge on any atom is 0.310 e. The van der Waals surface area contributed by atoms with Gasteiger partial charge in [0.15, 0.2) is 5.76 Å². The summed E-state index contributed by atoms with van der Waals surface area (Å²) in [6.45, 7) is 0. The number of furan rings is 1. The van der Waals surface area contributed by atoms with Crippen LogP contribution in [0.2, 0.25) is 5.02 Å². The molecule has 1 amide bonds. The minimum atomic E-state index is -0.254. The lowest BCUT2D eigenvalue weighted by Crippen LogP contribution is -2.26. The molecule has 1 aliphatic rings. The lowest BCUT2D eigenvalue weighted by Gasteiger charge is -2.21. The van der Waals surface area contributed by atoms with Crippen molar-refractivity contribution < 1.29 is 9.21 Å². The van der Waals surface area contributed by atoms with Crippen molar-refractivity contribution in [2.45, 2.75) is 12.5 Å². The average Bonchev–Trinajstić information content (AvgIpc) is 3.33. The first-order chi connectivity index (χ1) is 12.2. The summed E-state index contributed by atoms with van der Waals surface area (Å²) >= 11 is 6.00. The van der Waals surface area contributed by atoms with Gasteiger partial charge in [-0.1, -0.05) is 54.1 Å². The van der Waals surface area contributed by atoms with Gasteiger partial charge < -0.3 is 4.42 Å². The standard InChI is InChI=1S/C20H15ClN2O2/c21-16-10-8-15(9-11-16)18-13-17(14-5-2-1-3-6-14)22-23(18)20(24)19-7-4-12-25-19/h1-12,18H,13H2. The summed E-state index contributed by atoms with van der Waals surface area (Å²) in [7, 11) is 0. The van der Waals surface area contributed by atoms with Crippen LogP contribution in [-0.4, -0.2) is 16.6 Å². The number of carbonyl (C=O) groups is 1. The van der Waals surface area contributed by atoms with Crippen LogP contribution in [0.5, 0.6) is 0 Å². The Labute approximate surface area is 150 Å². The molecule has 0 saturated heterocycles. The summed E-state index contributed by atoms with van der Waals surface area (Å²) in [6, 6.07) is 20.6. The largest absolute Gasteiger partial charge is 0.459 e. The number of hydrogen-bond acceptors (Lipinski definition) is 3. The maximum absolute atomic E-state index is 12.8. The molecule has 25 heavy (non-hydrogen) atoms. The Balaban J connectivity index is 1.72. The highest BCUT2D eigenvalue weighted by atomic mass is 35.5. The quantitative estimate of drug-likeness (QED) is 0.672. The zero-order valence-corrected chi connectivity index (χ0v) is 14.1. The molecular formula is C20H15ClN2O2. The van der Waals surface area contributed by atoms with Crippen LogP contribution in [-0.2, 0) is 0 Å². The molecule has 0 fully saturated rings. The number of nitrogens with zero attached hydrogens (tertiary/aromatic N) is 2. The van der Waals surface area contributed by atoms with Gasteiger partial charge in [-0.3, -0.25) is 4.79 Å². The number of carbonyl (C=O) groups excluding carboxylic acids is 1. The second-order valence-electron chi connectivity index (χ2n) is 5.81. The first-order valence-corrected chi connectivity index (χ1v) is 8.35. The van der Waals surface area contributed by atoms with E-state index in [2.05, 4.69) is 5.10 Å². The molecule has 1 aliphatic heterocycles. The van der Waals surface area contributed by atoms with Crippen LogP contribution in [0, 0.1) is 0 Å². The highest BCUT2D eigenvalue weighted by Crippen LogP contribution is 2.34. The van der Waals surface area contributed by atoms with E-state index in [1.165, 1.54) is 11.3 Å². The van der Waals surface area contributed by atoms with Gasteiger partial charge in [0.1, 0.15) is 0 Å². The van der Waals surface area contributed by atoms with Gasteiger partial charge in [-0.15, -0.1) is 0 Å². The summed E-state index contributed by atoms with van der Waals surface area (Å²) < 4.78 is 5.27. The average molecular weight is 351 g/mol. The molecular weight excluding hydrogens is 336 g/mol. The number of halogens is 1. The van der Waals surface area contributed by atoms with Gasteiger partial charge >= 0.3 is 5.91 Å². The third kappa shape index (κ3) is 3.08. The van der Waals surface area contributed by atoms with Gasteiger partial charge in [-0.2, -0.15) is 5.10 Å².